The number of carbonyl (C=O) groups is 1. The zero-order valence-corrected chi connectivity index (χ0v) is 9.70. The van der Waals surface area contributed by atoms with Crippen LogP contribution in [0.1, 0.15) is 26.2 Å². The minimum Gasteiger partial charge on any atom is -0.480 e. The van der Waals surface area contributed by atoms with Crippen LogP contribution in [0.25, 0.3) is 0 Å². The van der Waals surface area contributed by atoms with Crippen LogP contribution in [0, 0.1) is 5.41 Å². The molecule has 5 heteroatoms. The van der Waals surface area contributed by atoms with Crippen molar-refractivity contribution < 1.29 is 9.90 Å². The number of carboxylic acid groups (broad SMARTS) is 1. The Morgan fingerprint density at radius 2 is 2.25 bits per heavy atom. The molecule has 0 fully saturated rings. The topological polar surface area (TPSA) is 99.2 Å². The summed E-state index contributed by atoms with van der Waals surface area (Å²) in [5.41, 5.74) is 4.57. The summed E-state index contributed by atoms with van der Waals surface area (Å²) >= 11 is 0. The standard InChI is InChI=1S/C11H21N3O2/c1-2-11(13,10(15)16)6-4-3-5-8-14-9-7-12/h3-4,7,12,14H,2,5-6,8-9,13H2,1H3,(H,15,16). The maximum atomic E-state index is 10.9. The van der Waals surface area contributed by atoms with Crippen LogP contribution in [0.15, 0.2) is 12.2 Å². The molecule has 1 atom stereocenters. The van der Waals surface area contributed by atoms with Crippen molar-refractivity contribution in [1.29, 1.82) is 5.41 Å². The van der Waals surface area contributed by atoms with E-state index in [2.05, 4.69) is 5.32 Å². The number of hydrogen-bond donors (Lipinski definition) is 4. The van der Waals surface area contributed by atoms with Gasteiger partial charge < -0.3 is 21.6 Å². The quantitative estimate of drug-likeness (QED) is 0.265. The van der Waals surface area contributed by atoms with Crippen LogP contribution >= 0.6 is 0 Å². The van der Waals surface area contributed by atoms with Gasteiger partial charge in [-0.2, -0.15) is 0 Å². The molecule has 0 aliphatic rings. The van der Waals surface area contributed by atoms with Crippen LogP contribution in [0.3, 0.4) is 0 Å². The first-order chi connectivity index (χ1) is 7.56. The Morgan fingerprint density at radius 3 is 2.75 bits per heavy atom. The lowest BCUT2D eigenvalue weighted by Crippen LogP contribution is -2.46. The highest BCUT2D eigenvalue weighted by atomic mass is 16.4. The fraction of sp³-hybridized carbons (Fsp3) is 0.636. The van der Waals surface area contributed by atoms with Crippen molar-refractivity contribution in [3.63, 3.8) is 0 Å². The SMILES string of the molecule is CCC(N)(CC=CCCNCC=N)C(=O)O. The van der Waals surface area contributed by atoms with Gasteiger partial charge >= 0.3 is 5.97 Å². The predicted octanol–water partition coefficient (Wildman–Crippen LogP) is 0.754. The molecule has 5 N–H and O–H groups in total. The number of hydrogen-bond acceptors (Lipinski definition) is 4. The Kier molecular flexibility index (Phi) is 7.41. The van der Waals surface area contributed by atoms with E-state index in [0.717, 1.165) is 13.0 Å². The Balaban J connectivity index is 3.80. The summed E-state index contributed by atoms with van der Waals surface area (Å²) in [6, 6.07) is 0. The van der Waals surface area contributed by atoms with Gasteiger partial charge in [-0.05, 0) is 25.8 Å². The highest BCUT2D eigenvalue weighted by Gasteiger charge is 2.29. The molecule has 0 aromatic rings. The predicted molar refractivity (Wildman–Crippen MR) is 64.9 cm³/mol. The molecule has 1 unspecified atom stereocenters. The number of aliphatic carboxylic acids is 1. The molecule has 16 heavy (non-hydrogen) atoms. The molecule has 5 nitrogen and oxygen atoms in total. The molecule has 0 spiro atoms. The lowest BCUT2D eigenvalue weighted by molar-refractivity contribution is -0.143. The van der Waals surface area contributed by atoms with Crippen molar-refractivity contribution in [2.24, 2.45) is 5.73 Å². The van der Waals surface area contributed by atoms with Crippen molar-refractivity contribution in [2.75, 3.05) is 13.1 Å². The van der Waals surface area contributed by atoms with Gasteiger partial charge in [0.1, 0.15) is 5.54 Å². The van der Waals surface area contributed by atoms with E-state index in [1.165, 1.54) is 6.21 Å². The molecule has 0 saturated heterocycles. The van der Waals surface area contributed by atoms with Gasteiger partial charge in [0.15, 0.2) is 0 Å². The van der Waals surface area contributed by atoms with Crippen LogP contribution in [0.4, 0.5) is 0 Å². The van der Waals surface area contributed by atoms with Crippen LogP contribution in [-0.2, 0) is 4.79 Å². The van der Waals surface area contributed by atoms with E-state index in [0.29, 0.717) is 19.4 Å². The van der Waals surface area contributed by atoms with E-state index >= 15 is 0 Å². The van der Waals surface area contributed by atoms with Crippen LogP contribution < -0.4 is 11.1 Å². The maximum absolute atomic E-state index is 10.9. The molecule has 0 aromatic heterocycles. The van der Waals surface area contributed by atoms with Crippen molar-refractivity contribution in [3.8, 4) is 0 Å². The number of rotatable bonds is 9. The van der Waals surface area contributed by atoms with Crippen LogP contribution in [0.2, 0.25) is 0 Å². The summed E-state index contributed by atoms with van der Waals surface area (Å²) < 4.78 is 0. The third kappa shape index (κ3) is 5.63. The first kappa shape index (κ1) is 14.8. The Morgan fingerprint density at radius 1 is 1.56 bits per heavy atom. The summed E-state index contributed by atoms with van der Waals surface area (Å²) in [7, 11) is 0. The second-order valence-corrected chi connectivity index (χ2v) is 3.69. The van der Waals surface area contributed by atoms with E-state index in [4.69, 9.17) is 16.2 Å². The van der Waals surface area contributed by atoms with Gasteiger partial charge in [0.25, 0.3) is 0 Å². The minimum absolute atomic E-state index is 0.351. The number of nitrogens with two attached hydrogens (primary N) is 1. The molecular formula is C11H21N3O2. The maximum Gasteiger partial charge on any atom is 0.323 e. The van der Waals surface area contributed by atoms with Crippen molar-refractivity contribution in [2.45, 2.75) is 31.7 Å². The fourth-order valence-corrected chi connectivity index (χ4v) is 1.15. The zero-order chi connectivity index (χ0) is 12.4. The number of nitrogens with one attached hydrogen (secondary N) is 2. The first-order valence-electron chi connectivity index (χ1n) is 5.43. The monoisotopic (exact) mass is 227 g/mol. The van der Waals surface area contributed by atoms with Gasteiger partial charge in [0.05, 0.1) is 0 Å². The van der Waals surface area contributed by atoms with E-state index in [-0.39, 0.29) is 0 Å². The summed E-state index contributed by atoms with van der Waals surface area (Å²) in [6.07, 6.45) is 6.60. The summed E-state index contributed by atoms with van der Waals surface area (Å²) in [6.45, 7) is 3.12. The van der Waals surface area contributed by atoms with E-state index in [1.54, 1.807) is 6.92 Å². The molecule has 0 radical (unpaired) electrons. The second kappa shape index (κ2) is 8.01. The molecule has 0 bridgehead atoms. The van der Waals surface area contributed by atoms with Gasteiger partial charge in [0.2, 0.25) is 0 Å². The summed E-state index contributed by atoms with van der Waals surface area (Å²) in [4.78, 5) is 10.9. The smallest absolute Gasteiger partial charge is 0.323 e. The van der Waals surface area contributed by atoms with E-state index in [1.807, 2.05) is 12.2 Å². The Hall–Kier alpha value is -1.20. The highest BCUT2D eigenvalue weighted by molar-refractivity contribution is 5.78. The molecule has 0 rings (SSSR count). The summed E-state index contributed by atoms with van der Waals surface area (Å²) in [5.74, 6) is -0.957. The van der Waals surface area contributed by atoms with Gasteiger partial charge in [-0.15, -0.1) is 0 Å². The third-order valence-corrected chi connectivity index (χ3v) is 2.44. The third-order valence-electron chi connectivity index (χ3n) is 2.44. The molecule has 0 amide bonds. The average molecular weight is 227 g/mol. The molecule has 0 aromatic carbocycles. The highest BCUT2D eigenvalue weighted by Crippen LogP contribution is 2.12. The molecule has 0 aliphatic carbocycles. The number of carboxylic acids is 1. The molecule has 92 valence electrons. The Labute approximate surface area is 96.2 Å². The van der Waals surface area contributed by atoms with Gasteiger partial charge in [-0.25, -0.2) is 0 Å². The largest absolute Gasteiger partial charge is 0.480 e. The lowest BCUT2D eigenvalue weighted by Gasteiger charge is -2.20. The molecule has 0 heterocycles. The molecular weight excluding hydrogens is 206 g/mol. The van der Waals surface area contributed by atoms with E-state index in [9.17, 15) is 4.79 Å². The first-order valence-corrected chi connectivity index (χ1v) is 5.43. The molecule has 0 aliphatic heterocycles. The Bertz CT molecular complexity index is 254. The summed E-state index contributed by atoms with van der Waals surface area (Å²) in [5, 5.41) is 18.7. The second-order valence-electron chi connectivity index (χ2n) is 3.69. The van der Waals surface area contributed by atoms with Crippen LogP contribution in [-0.4, -0.2) is 35.9 Å². The van der Waals surface area contributed by atoms with Crippen molar-refractivity contribution in [3.05, 3.63) is 12.2 Å². The van der Waals surface area contributed by atoms with Crippen molar-refractivity contribution in [1.82, 2.24) is 5.32 Å². The molecule has 0 saturated carbocycles. The van der Waals surface area contributed by atoms with Gasteiger partial charge in [-0.1, -0.05) is 19.1 Å². The lowest BCUT2D eigenvalue weighted by atomic mass is 9.93. The zero-order valence-electron chi connectivity index (χ0n) is 9.70. The van der Waals surface area contributed by atoms with Gasteiger partial charge in [-0.3, -0.25) is 4.79 Å². The minimum atomic E-state index is -1.14. The van der Waals surface area contributed by atoms with Crippen molar-refractivity contribution >= 4 is 12.2 Å². The normalized spacial score (nSPS) is 14.9. The average Bonchev–Trinajstić information content (AvgIpc) is 2.27. The van der Waals surface area contributed by atoms with E-state index < -0.39 is 11.5 Å². The van der Waals surface area contributed by atoms with Gasteiger partial charge in [0, 0.05) is 12.8 Å². The fourth-order valence-electron chi connectivity index (χ4n) is 1.15. The van der Waals surface area contributed by atoms with Crippen LogP contribution in [0.5, 0.6) is 0 Å².